The smallest absolute Gasteiger partial charge is 0.246 e. The number of aromatic nitrogens is 2. The highest BCUT2D eigenvalue weighted by atomic mass is 35.5. The van der Waals surface area contributed by atoms with E-state index in [9.17, 15) is 4.79 Å². The first-order chi connectivity index (χ1) is 12.2. The Morgan fingerprint density at radius 2 is 2.36 bits per heavy atom. The molecule has 0 radical (unpaired) electrons. The Morgan fingerprint density at radius 1 is 1.44 bits per heavy atom. The molecule has 6 nitrogen and oxygen atoms in total. The average molecular weight is 360 g/mol. The minimum atomic E-state index is -0.195. The SMILES string of the molecule is O=C(C=Cc1ccccn1)N1CCOC(COc2cncc(Cl)c2)C1. The van der Waals surface area contributed by atoms with Gasteiger partial charge in [0, 0.05) is 31.1 Å². The number of rotatable bonds is 5. The van der Waals surface area contributed by atoms with Gasteiger partial charge in [0.1, 0.15) is 18.5 Å². The van der Waals surface area contributed by atoms with Crippen LogP contribution in [0, 0.1) is 0 Å². The summed E-state index contributed by atoms with van der Waals surface area (Å²) in [6.07, 6.45) is 7.87. The molecule has 3 heterocycles. The van der Waals surface area contributed by atoms with Gasteiger partial charge in [0.25, 0.3) is 0 Å². The summed E-state index contributed by atoms with van der Waals surface area (Å²) in [4.78, 5) is 22.2. The number of amides is 1. The van der Waals surface area contributed by atoms with Crippen LogP contribution in [0.2, 0.25) is 5.02 Å². The summed E-state index contributed by atoms with van der Waals surface area (Å²) in [6, 6.07) is 7.25. The zero-order chi connectivity index (χ0) is 17.5. The van der Waals surface area contributed by atoms with Crippen molar-refractivity contribution in [1.82, 2.24) is 14.9 Å². The monoisotopic (exact) mass is 359 g/mol. The van der Waals surface area contributed by atoms with Crippen LogP contribution < -0.4 is 4.74 Å². The van der Waals surface area contributed by atoms with E-state index >= 15 is 0 Å². The van der Waals surface area contributed by atoms with Crippen LogP contribution in [-0.2, 0) is 9.53 Å². The van der Waals surface area contributed by atoms with Crippen molar-refractivity contribution in [3.05, 3.63) is 59.6 Å². The zero-order valence-electron chi connectivity index (χ0n) is 13.5. The van der Waals surface area contributed by atoms with E-state index in [2.05, 4.69) is 9.97 Å². The quantitative estimate of drug-likeness (QED) is 0.767. The van der Waals surface area contributed by atoms with Gasteiger partial charge in [-0.25, -0.2) is 0 Å². The van der Waals surface area contributed by atoms with Gasteiger partial charge in [-0.15, -0.1) is 0 Å². The number of hydrogen-bond donors (Lipinski definition) is 0. The van der Waals surface area contributed by atoms with Gasteiger partial charge >= 0.3 is 0 Å². The molecule has 0 aliphatic carbocycles. The molecular formula is C18H18ClN3O3. The molecule has 1 aliphatic heterocycles. The maximum absolute atomic E-state index is 12.3. The third kappa shape index (κ3) is 5.27. The van der Waals surface area contributed by atoms with E-state index in [0.717, 1.165) is 5.69 Å². The lowest BCUT2D eigenvalue weighted by Gasteiger charge is -2.32. The lowest BCUT2D eigenvalue weighted by molar-refractivity contribution is -0.134. The summed E-state index contributed by atoms with van der Waals surface area (Å²) in [7, 11) is 0. The molecule has 130 valence electrons. The molecule has 1 unspecified atom stereocenters. The summed E-state index contributed by atoms with van der Waals surface area (Å²) < 4.78 is 11.3. The van der Waals surface area contributed by atoms with Gasteiger partial charge in [-0.05, 0) is 18.2 Å². The summed E-state index contributed by atoms with van der Waals surface area (Å²) in [6.45, 7) is 1.83. The van der Waals surface area contributed by atoms with Gasteiger partial charge in [-0.3, -0.25) is 14.8 Å². The number of halogens is 1. The first-order valence-corrected chi connectivity index (χ1v) is 8.31. The number of hydrogen-bond acceptors (Lipinski definition) is 5. The molecule has 1 fully saturated rings. The molecule has 7 heteroatoms. The maximum Gasteiger partial charge on any atom is 0.246 e. The Bertz CT molecular complexity index is 739. The van der Waals surface area contributed by atoms with Crippen molar-refractivity contribution in [1.29, 1.82) is 0 Å². The molecule has 1 aliphatic rings. The summed E-state index contributed by atoms with van der Waals surface area (Å²) in [5, 5.41) is 0.513. The highest BCUT2D eigenvalue weighted by molar-refractivity contribution is 6.30. The second-order valence-corrected chi connectivity index (χ2v) is 5.95. The molecule has 0 N–H and O–H groups in total. The zero-order valence-corrected chi connectivity index (χ0v) is 14.3. The van der Waals surface area contributed by atoms with Gasteiger partial charge < -0.3 is 14.4 Å². The van der Waals surface area contributed by atoms with Gasteiger partial charge in [-0.1, -0.05) is 17.7 Å². The topological polar surface area (TPSA) is 64.6 Å². The molecular weight excluding hydrogens is 342 g/mol. The Kier molecular flexibility index (Phi) is 5.98. The minimum Gasteiger partial charge on any atom is -0.489 e. The number of ether oxygens (including phenoxy) is 2. The van der Waals surface area contributed by atoms with Crippen LogP contribution in [0.3, 0.4) is 0 Å². The molecule has 25 heavy (non-hydrogen) atoms. The van der Waals surface area contributed by atoms with E-state index in [1.165, 1.54) is 6.08 Å². The van der Waals surface area contributed by atoms with E-state index in [1.807, 2.05) is 18.2 Å². The maximum atomic E-state index is 12.3. The number of carbonyl (C=O) groups excluding carboxylic acids is 1. The fraction of sp³-hybridized carbons (Fsp3) is 0.278. The van der Waals surface area contributed by atoms with Gasteiger partial charge in [-0.2, -0.15) is 0 Å². The number of nitrogens with zero attached hydrogens (tertiary/aromatic N) is 3. The second kappa shape index (κ2) is 8.60. The Labute approximate surface area is 151 Å². The molecule has 2 aromatic rings. The van der Waals surface area contributed by atoms with Crippen molar-refractivity contribution in [3.8, 4) is 5.75 Å². The largest absolute Gasteiger partial charge is 0.489 e. The van der Waals surface area contributed by atoms with Gasteiger partial charge in [0.15, 0.2) is 0 Å². The van der Waals surface area contributed by atoms with Crippen molar-refractivity contribution >= 4 is 23.6 Å². The lowest BCUT2D eigenvalue weighted by Crippen LogP contribution is -2.47. The van der Waals surface area contributed by atoms with Crippen molar-refractivity contribution < 1.29 is 14.3 Å². The van der Waals surface area contributed by atoms with Crippen molar-refractivity contribution in [3.63, 3.8) is 0 Å². The molecule has 0 spiro atoms. The van der Waals surface area contributed by atoms with Crippen molar-refractivity contribution in [2.75, 3.05) is 26.3 Å². The van der Waals surface area contributed by atoms with E-state index in [0.29, 0.717) is 37.1 Å². The average Bonchev–Trinajstić information content (AvgIpc) is 2.65. The van der Waals surface area contributed by atoms with E-state index < -0.39 is 0 Å². The van der Waals surface area contributed by atoms with E-state index in [-0.39, 0.29) is 12.0 Å². The lowest BCUT2D eigenvalue weighted by atomic mass is 10.2. The Hall–Kier alpha value is -2.44. The Morgan fingerprint density at radius 3 is 3.16 bits per heavy atom. The normalized spacial score (nSPS) is 17.6. The first kappa shape index (κ1) is 17.4. The molecule has 3 rings (SSSR count). The van der Waals surface area contributed by atoms with Crippen LogP contribution in [0.4, 0.5) is 0 Å². The predicted molar refractivity (Wildman–Crippen MR) is 94.3 cm³/mol. The van der Waals surface area contributed by atoms with Crippen LogP contribution in [0.5, 0.6) is 5.75 Å². The van der Waals surface area contributed by atoms with E-state index in [1.54, 1.807) is 35.6 Å². The molecule has 1 saturated heterocycles. The van der Waals surface area contributed by atoms with Crippen LogP contribution in [0.25, 0.3) is 6.08 Å². The molecule has 0 aromatic carbocycles. The minimum absolute atomic E-state index is 0.0663. The molecule has 0 saturated carbocycles. The number of carbonyl (C=O) groups is 1. The van der Waals surface area contributed by atoms with Crippen molar-refractivity contribution in [2.45, 2.75) is 6.10 Å². The first-order valence-electron chi connectivity index (χ1n) is 7.94. The fourth-order valence-electron chi connectivity index (χ4n) is 2.42. The molecule has 1 atom stereocenters. The van der Waals surface area contributed by atoms with Gasteiger partial charge in [0.05, 0.1) is 30.1 Å². The number of morpholine rings is 1. The standard InChI is InChI=1S/C18H18ClN3O3/c19-14-9-16(11-20-10-14)25-13-17-12-22(7-8-24-17)18(23)5-4-15-3-1-2-6-21-15/h1-6,9-11,17H,7-8,12-13H2. The van der Waals surface area contributed by atoms with Crippen LogP contribution in [0.1, 0.15) is 5.69 Å². The molecule has 2 aromatic heterocycles. The third-order valence-electron chi connectivity index (χ3n) is 3.65. The summed E-state index contributed by atoms with van der Waals surface area (Å²) in [5.74, 6) is 0.512. The van der Waals surface area contributed by atoms with E-state index in [4.69, 9.17) is 21.1 Å². The highest BCUT2D eigenvalue weighted by Crippen LogP contribution is 2.16. The third-order valence-corrected chi connectivity index (χ3v) is 3.86. The Balaban J connectivity index is 1.52. The molecule has 1 amide bonds. The fourth-order valence-corrected chi connectivity index (χ4v) is 2.58. The van der Waals surface area contributed by atoms with Crippen molar-refractivity contribution in [2.24, 2.45) is 0 Å². The predicted octanol–water partition coefficient (Wildman–Crippen LogP) is 2.45. The van der Waals surface area contributed by atoms with Crippen LogP contribution in [0.15, 0.2) is 48.9 Å². The van der Waals surface area contributed by atoms with Gasteiger partial charge in [0.2, 0.25) is 5.91 Å². The summed E-state index contributed by atoms with van der Waals surface area (Å²) in [5.41, 5.74) is 0.748. The van der Waals surface area contributed by atoms with Crippen LogP contribution >= 0.6 is 11.6 Å². The number of pyridine rings is 2. The summed E-state index contributed by atoms with van der Waals surface area (Å²) >= 11 is 5.88. The highest BCUT2D eigenvalue weighted by Gasteiger charge is 2.23. The van der Waals surface area contributed by atoms with Crippen LogP contribution in [-0.4, -0.2) is 53.2 Å². The molecule has 0 bridgehead atoms. The second-order valence-electron chi connectivity index (χ2n) is 5.51.